The molecule has 35 heavy (non-hydrogen) atoms. The number of rotatable bonds is 6. The van der Waals surface area contributed by atoms with Crippen LogP contribution in [0.15, 0.2) is 115 Å². The van der Waals surface area contributed by atoms with Crippen molar-refractivity contribution in [1.82, 2.24) is 9.78 Å². The molecule has 0 aliphatic rings. The molecule has 4 nitrogen and oxygen atoms in total. The van der Waals surface area contributed by atoms with E-state index < -0.39 is 24.3 Å². The highest BCUT2D eigenvalue weighted by atomic mass is 19.1. The standard InChI is InChI=1S/C28H21BF2N2O2/c30-23-16-17-24(26(31)18-23)27-25(29(34)35)19-33(32-27)28(20-10-4-1-5-11-20,21-12-6-2-7-13-21)22-14-8-3-9-15-22/h1-19,34-35H. The maximum absolute atomic E-state index is 14.8. The van der Waals surface area contributed by atoms with Crippen LogP contribution >= 0.6 is 0 Å². The average Bonchev–Trinajstić information content (AvgIpc) is 3.32. The van der Waals surface area contributed by atoms with E-state index in [9.17, 15) is 18.8 Å². The molecule has 0 radical (unpaired) electrons. The molecule has 0 saturated heterocycles. The van der Waals surface area contributed by atoms with Gasteiger partial charge in [-0.3, -0.25) is 4.68 Å². The Balaban J connectivity index is 1.88. The maximum Gasteiger partial charge on any atom is 0.492 e. The molecule has 5 aromatic rings. The lowest BCUT2D eigenvalue weighted by Crippen LogP contribution is -2.39. The minimum atomic E-state index is -1.93. The van der Waals surface area contributed by atoms with E-state index in [1.807, 2.05) is 91.0 Å². The quantitative estimate of drug-likeness (QED) is 0.289. The molecule has 7 heteroatoms. The Morgan fingerprint density at radius 2 is 1.17 bits per heavy atom. The minimum Gasteiger partial charge on any atom is -0.423 e. The van der Waals surface area contributed by atoms with Crippen LogP contribution in [0.2, 0.25) is 0 Å². The Hall–Kier alpha value is -4.07. The van der Waals surface area contributed by atoms with Crippen LogP contribution in [0.25, 0.3) is 11.3 Å². The van der Waals surface area contributed by atoms with Crippen molar-refractivity contribution in [3.63, 3.8) is 0 Å². The van der Waals surface area contributed by atoms with Gasteiger partial charge >= 0.3 is 7.12 Å². The van der Waals surface area contributed by atoms with E-state index in [-0.39, 0.29) is 16.7 Å². The van der Waals surface area contributed by atoms with E-state index in [1.165, 1.54) is 12.3 Å². The Labute approximate surface area is 201 Å². The largest absolute Gasteiger partial charge is 0.492 e. The van der Waals surface area contributed by atoms with Crippen LogP contribution < -0.4 is 5.46 Å². The number of nitrogens with zero attached hydrogens (tertiary/aromatic N) is 2. The van der Waals surface area contributed by atoms with Crippen molar-refractivity contribution in [2.75, 3.05) is 0 Å². The van der Waals surface area contributed by atoms with Crippen molar-refractivity contribution < 1.29 is 18.8 Å². The molecule has 0 aliphatic carbocycles. The van der Waals surface area contributed by atoms with Crippen LogP contribution in [0.5, 0.6) is 0 Å². The van der Waals surface area contributed by atoms with Gasteiger partial charge in [-0.15, -0.1) is 0 Å². The first-order valence-electron chi connectivity index (χ1n) is 11.1. The Morgan fingerprint density at radius 1 is 0.686 bits per heavy atom. The first-order chi connectivity index (χ1) is 17.0. The van der Waals surface area contributed by atoms with Gasteiger partial charge in [0.1, 0.15) is 17.2 Å². The molecule has 0 atom stereocenters. The summed E-state index contributed by atoms with van der Waals surface area (Å²) in [4.78, 5) is 0. The van der Waals surface area contributed by atoms with Gasteiger partial charge in [-0.2, -0.15) is 5.10 Å². The lowest BCUT2D eigenvalue weighted by atomic mass is 9.76. The van der Waals surface area contributed by atoms with E-state index in [4.69, 9.17) is 5.10 Å². The number of halogens is 2. The molecule has 1 aromatic heterocycles. The summed E-state index contributed by atoms with van der Waals surface area (Å²) in [5.74, 6) is -1.58. The molecular formula is C28H21BF2N2O2. The number of hydrogen-bond donors (Lipinski definition) is 2. The van der Waals surface area contributed by atoms with Crippen LogP contribution in [0, 0.1) is 11.6 Å². The van der Waals surface area contributed by atoms with Crippen molar-refractivity contribution in [1.29, 1.82) is 0 Å². The molecule has 1 heterocycles. The Bertz CT molecular complexity index is 1350. The van der Waals surface area contributed by atoms with E-state index >= 15 is 0 Å². The topological polar surface area (TPSA) is 58.3 Å². The molecular weight excluding hydrogens is 445 g/mol. The lowest BCUT2D eigenvalue weighted by Gasteiger charge is -2.36. The van der Waals surface area contributed by atoms with Crippen molar-refractivity contribution in [2.24, 2.45) is 0 Å². The van der Waals surface area contributed by atoms with Gasteiger partial charge in [0.2, 0.25) is 0 Å². The van der Waals surface area contributed by atoms with Crippen LogP contribution in [0.1, 0.15) is 16.7 Å². The van der Waals surface area contributed by atoms with E-state index in [1.54, 1.807) is 4.68 Å². The minimum absolute atomic E-state index is 0.00248. The Morgan fingerprint density at radius 3 is 1.60 bits per heavy atom. The zero-order valence-corrected chi connectivity index (χ0v) is 18.6. The normalized spacial score (nSPS) is 11.4. The van der Waals surface area contributed by atoms with Gasteiger partial charge in [-0.25, -0.2) is 8.78 Å². The monoisotopic (exact) mass is 466 g/mol. The molecule has 0 amide bonds. The zero-order valence-electron chi connectivity index (χ0n) is 18.6. The number of benzene rings is 4. The summed E-state index contributed by atoms with van der Waals surface area (Å²) >= 11 is 0. The fourth-order valence-electron chi connectivity index (χ4n) is 4.57. The highest BCUT2D eigenvalue weighted by Crippen LogP contribution is 2.40. The Kier molecular flexibility index (Phi) is 6.03. The highest BCUT2D eigenvalue weighted by Gasteiger charge is 2.41. The van der Waals surface area contributed by atoms with Gasteiger partial charge in [-0.05, 0) is 28.8 Å². The van der Waals surface area contributed by atoms with Crippen LogP contribution in [-0.2, 0) is 5.54 Å². The summed E-state index contributed by atoms with van der Waals surface area (Å²) in [5.41, 5.74) is 1.56. The molecule has 0 spiro atoms. The van der Waals surface area contributed by atoms with Crippen LogP contribution in [0.4, 0.5) is 8.78 Å². The molecule has 4 aromatic carbocycles. The predicted molar refractivity (Wildman–Crippen MR) is 132 cm³/mol. The third-order valence-corrected chi connectivity index (χ3v) is 6.13. The molecule has 0 unspecified atom stereocenters. The van der Waals surface area contributed by atoms with Gasteiger partial charge in [-0.1, -0.05) is 91.0 Å². The molecule has 2 N–H and O–H groups in total. The molecule has 0 fully saturated rings. The molecule has 0 aliphatic heterocycles. The summed E-state index contributed by atoms with van der Waals surface area (Å²) in [5, 5.41) is 25.1. The van der Waals surface area contributed by atoms with Crippen molar-refractivity contribution in [3.05, 3.63) is 144 Å². The van der Waals surface area contributed by atoms with Gasteiger partial charge < -0.3 is 10.0 Å². The second kappa shape index (κ2) is 9.29. The van der Waals surface area contributed by atoms with Crippen molar-refractivity contribution >= 4 is 12.6 Å². The second-order valence-electron chi connectivity index (χ2n) is 8.18. The van der Waals surface area contributed by atoms with E-state index in [2.05, 4.69) is 0 Å². The summed E-state index contributed by atoms with van der Waals surface area (Å²) in [7, 11) is -1.93. The molecule has 172 valence electrons. The summed E-state index contributed by atoms with van der Waals surface area (Å²) in [6, 6.07) is 32.2. The van der Waals surface area contributed by atoms with Crippen molar-refractivity contribution in [3.8, 4) is 11.3 Å². The number of hydrogen-bond acceptors (Lipinski definition) is 3. The average molecular weight is 466 g/mol. The SMILES string of the molecule is OB(O)c1cn(C(c2ccccc2)(c2ccccc2)c2ccccc2)nc1-c1ccc(F)cc1F. The first-order valence-corrected chi connectivity index (χ1v) is 11.1. The van der Waals surface area contributed by atoms with Crippen LogP contribution in [0.3, 0.4) is 0 Å². The molecule has 5 rings (SSSR count). The second-order valence-corrected chi connectivity index (χ2v) is 8.18. The summed E-state index contributed by atoms with van der Waals surface area (Å²) < 4.78 is 30.0. The van der Waals surface area contributed by atoms with E-state index in [0.717, 1.165) is 28.8 Å². The maximum atomic E-state index is 14.8. The molecule has 0 bridgehead atoms. The van der Waals surface area contributed by atoms with E-state index in [0.29, 0.717) is 0 Å². The third-order valence-electron chi connectivity index (χ3n) is 6.13. The molecule has 0 saturated carbocycles. The van der Waals surface area contributed by atoms with Gasteiger partial charge in [0.15, 0.2) is 0 Å². The van der Waals surface area contributed by atoms with Gasteiger partial charge in [0.05, 0.1) is 5.69 Å². The number of aromatic nitrogens is 2. The lowest BCUT2D eigenvalue weighted by molar-refractivity contribution is 0.425. The first kappa shape index (κ1) is 22.7. The highest BCUT2D eigenvalue weighted by molar-refractivity contribution is 6.60. The third kappa shape index (κ3) is 3.95. The zero-order chi connectivity index (χ0) is 24.4. The van der Waals surface area contributed by atoms with Gasteiger partial charge in [0.25, 0.3) is 0 Å². The summed E-state index contributed by atoms with van der Waals surface area (Å²) in [6.07, 6.45) is 1.51. The summed E-state index contributed by atoms with van der Waals surface area (Å²) in [6.45, 7) is 0. The van der Waals surface area contributed by atoms with Gasteiger partial charge in [0, 0.05) is 23.3 Å². The van der Waals surface area contributed by atoms with Crippen molar-refractivity contribution in [2.45, 2.75) is 5.54 Å². The predicted octanol–water partition coefficient (Wildman–Crippen LogP) is 4.35. The fourth-order valence-corrected chi connectivity index (χ4v) is 4.57. The van der Waals surface area contributed by atoms with Crippen LogP contribution in [-0.4, -0.2) is 26.9 Å². The smallest absolute Gasteiger partial charge is 0.423 e. The fraction of sp³-hybridized carbons (Fsp3) is 0.0357.